The summed E-state index contributed by atoms with van der Waals surface area (Å²) in [6.07, 6.45) is 3.01. The molecule has 0 saturated carbocycles. The third-order valence-electron chi connectivity index (χ3n) is 2.78. The zero-order chi connectivity index (χ0) is 14.7. The second kappa shape index (κ2) is 6.15. The Kier molecular flexibility index (Phi) is 4.52. The topological polar surface area (TPSA) is 48.1 Å². The minimum absolute atomic E-state index is 0.0161. The minimum atomic E-state index is -0.852. The predicted octanol–water partition coefficient (Wildman–Crippen LogP) is 3.46. The van der Waals surface area contributed by atoms with Gasteiger partial charge in [0.2, 0.25) is 0 Å². The van der Waals surface area contributed by atoms with Crippen molar-refractivity contribution < 1.29 is 13.5 Å². The van der Waals surface area contributed by atoms with Crippen LogP contribution in [0.15, 0.2) is 30.6 Å². The van der Waals surface area contributed by atoms with E-state index < -0.39 is 17.7 Å². The van der Waals surface area contributed by atoms with E-state index in [0.717, 1.165) is 12.1 Å². The Morgan fingerprint density at radius 3 is 2.70 bits per heavy atom. The molecule has 2 N–H and O–H groups in total. The number of hydrogen-bond donors (Lipinski definition) is 1. The van der Waals surface area contributed by atoms with Crippen molar-refractivity contribution in [3.8, 4) is 5.75 Å². The third kappa shape index (κ3) is 3.05. The number of benzene rings is 1. The fourth-order valence-corrected chi connectivity index (χ4v) is 1.96. The highest BCUT2D eigenvalue weighted by molar-refractivity contribution is 6.30. The van der Waals surface area contributed by atoms with Crippen LogP contribution in [0, 0.1) is 11.6 Å². The molecule has 1 heterocycles. The Labute approximate surface area is 120 Å². The van der Waals surface area contributed by atoms with E-state index in [9.17, 15) is 8.78 Å². The number of ether oxygens (including phenoxy) is 1. The summed E-state index contributed by atoms with van der Waals surface area (Å²) in [6, 6.07) is 2.70. The number of nitrogens with zero attached hydrogens (tertiary/aromatic N) is 1. The van der Waals surface area contributed by atoms with Crippen molar-refractivity contribution in [2.75, 3.05) is 6.61 Å². The maximum atomic E-state index is 13.8. The standard InChI is InChI=1S/C14H13ClF2N2O/c1-2-20-9-3-8(6-19-7-9)14(18)10-4-13(17)11(15)5-12(10)16/h3-7,14H,2,18H2,1H3. The van der Waals surface area contributed by atoms with Crippen LogP contribution in [-0.2, 0) is 0 Å². The number of pyridine rings is 1. The molecule has 0 radical (unpaired) electrons. The molecular formula is C14H13ClF2N2O. The van der Waals surface area contributed by atoms with Crippen LogP contribution in [0.4, 0.5) is 8.78 Å². The van der Waals surface area contributed by atoms with Crippen molar-refractivity contribution in [2.45, 2.75) is 13.0 Å². The predicted molar refractivity (Wildman–Crippen MR) is 72.8 cm³/mol. The number of rotatable bonds is 4. The van der Waals surface area contributed by atoms with Gasteiger partial charge < -0.3 is 10.5 Å². The van der Waals surface area contributed by atoms with E-state index in [1.165, 1.54) is 12.4 Å². The van der Waals surface area contributed by atoms with Gasteiger partial charge in [0, 0.05) is 11.8 Å². The third-order valence-corrected chi connectivity index (χ3v) is 3.07. The fraction of sp³-hybridized carbons (Fsp3) is 0.214. The van der Waals surface area contributed by atoms with Crippen molar-refractivity contribution in [1.29, 1.82) is 0 Å². The zero-order valence-electron chi connectivity index (χ0n) is 10.7. The van der Waals surface area contributed by atoms with Crippen molar-refractivity contribution in [1.82, 2.24) is 4.98 Å². The summed E-state index contributed by atoms with van der Waals surface area (Å²) in [5, 5.41) is -0.278. The lowest BCUT2D eigenvalue weighted by atomic mass is 10.0. The summed E-state index contributed by atoms with van der Waals surface area (Å²) >= 11 is 5.51. The maximum Gasteiger partial charge on any atom is 0.142 e. The Morgan fingerprint density at radius 1 is 1.25 bits per heavy atom. The molecule has 0 bridgehead atoms. The molecule has 0 saturated heterocycles. The molecule has 6 heteroatoms. The largest absolute Gasteiger partial charge is 0.492 e. The van der Waals surface area contributed by atoms with Gasteiger partial charge in [0.25, 0.3) is 0 Å². The summed E-state index contributed by atoms with van der Waals surface area (Å²) < 4.78 is 32.6. The monoisotopic (exact) mass is 298 g/mol. The maximum absolute atomic E-state index is 13.8. The summed E-state index contributed by atoms with van der Waals surface area (Å²) in [4.78, 5) is 3.97. The molecule has 0 spiro atoms. The quantitative estimate of drug-likeness (QED) is 0.879. The van der Waals surface area contributed by atoms with Crippen LogP contribution in [0.1, 0.15) is 24.1 Å². The summed E-state index contributed by atoms with van der Waals surface area (Å²) in [5.74, 6) is -0.853. The van der Waals surface area contributed by atoms with Gasteiger partial charge in [-0.25, -0.2) is 8.78 Å². The molecule has 0 aliphatic rings. The molecule has 0 aliphatic heterocycles. The molecule has 106 valence electrons. The first-order valence-corrected chi connectivity index (χ1v) is 6.38. The fourth-order valence-electron chi connectivity index (χ4n) is 1.81. The Balaban J connectivity index is 2.38. The van der Waals surface area contributed by atoms with E-state index in [4.69, 9.17) is 22.1 Å². The highest BCUT2D eigenvalue weighted by Crippen LogP contribution is 2.27. The lowest BCUT2D eigenvalue weighted by molar-refractivity contribution is 0.338. The first-order chi connectivity index (χ1) is 9.52. The van der Waals surface area contributed by atoms with E-state index in [0.29, 0.717) is 17.9 Å². The number of halogens is 3. The second-order valence-electron chi connectivity index (χ2n) is 4.15. The molecular weight excluding hydrogens is 286 g/mol. The SMILES string of the molecule is CCOc1cncc(C(N)c2cc(F)c(Cl)cc2F)c1. The first kappa shape index (κ1) is 14.7. The van der Waals surface area contributed by atoms with Gasteiger partial charge in [-0.05, 0) is 30.7 Å². The molecule has 1 atom stereocenters. The smallest absolute Gasteiger partial charge is 0.142 e. The van der Waals surface area contributed by atoms with Crippen molar-refractivity contribution >= 4 is 11.6 Å². The van der Waals surface area contributed by atoms with Gasteiger partial charge in [0.15, 0.2) is 0 Å². The molecule has 3 nitrogen and oxygen atoms in total. The number of aromatic nitrogens is 1. The van der Waals surface area contributed by atoms with E-state index in [-0.39, 0.29) is 10.6 Å². The van der Waals surface area contributed by atoms with E-state index in [2.05, 4.69) is 4.98 Å². The van der Waals surface area contributed by atoms with Gasteiger partial charge in [-0.3, -0.25) is 4.98 Å². The molecule has 1 aromatic heterocycles. The van der Waals surface area contributed by atoms with Crippen LogP contribution >= 0.6 is 11.6 Å². The van der Waals surface area contributed by atoms with Crippen LogP contribution < -0.4 is 10.5 Å². The van der Waals surface area contributed by atoms with Gasteiger partial charge in [0.05, 0.1) is 23.9 Å². The summed E-state index contributed by atoms with van der Waals surface area (Å²) in [7, 11) is 0. The average Bonchev–Trinajstić information content (AvgIpc) is 2.43. The first-order valence-electron chi connectivity index (χ1n) is 6.00. The van der Waals surface area contributed by atoms with Crippen LogP contribution in [-0.4, -0.2) is 11.6 Å². The molecule has 1 unspecified atom stereocenters. The van der Waals surface area contributed by atoms with Crippen LogP contribution in [0.5, 0.6) is 5.75 Å². The number of hydrogen-bond acceptors (Lipinski definition) is 3. The van der Waals surface area contributed by atoms with Gasteiger partial charge in [-0.1, -0.05) is 11.6 Å². The van der Waals surface area contributed by atoms with E-state index >= 15 is 0 Å². The van der Waals surface area contributed by atoms with Crippen molar-refractivity contribution in [3.63, 3.8) is 0 Å². The molecule has 0 fully saturated rings. The van der Waals surface area contributed by atoms with E-state index in [1.807, 2.05) is 6.92 Å². The second-order valence-corrected chi connectivity index (χ2v) is 4.56. The molecule has 1 aromatic carbocycles. The van der Waals surface area contributed by atoms with Gasteiger partial charge in [-0.15, -0.1) is 0 Å². The van der Waals surface area contributed by atoms with Crippen molar-refractivity contribution in [2.24, 2.45) is 5.73 Å². The van der Waals surface area contributed by atoms with Crippen LogP contribution in [0.2, 0.25) is 5.02 Å². The number of nitrogens with two attached hydrogens (primary N) is 1. The van der Waals surface area contributed by atoms with Crippen LogP contribution in [0.25, 0.3) is 0 Å². The Morgan fingerprint density at radius 2 is 2.00 bits per heavy atom. The highest BCUT2D eigenvalue weighted by atomic mass is 35.5. The Bertz CT molecular complexity index is 622. The minimum Gasteiger partial charge on any atom is -0.492 e. The van der Waals surface area contributed by atoms with Gasteiger partial charge >= 0.3 is 0 Å². The summed E-state index contributed by atoms with van der Waals surface area (Å²) in [5.41, 5.74) is 6.50. The molecule has 20 heavy (non-hydrogen) atoms. The normalized spacial score (nSPS) is 12.2. The lowest BCUT2D eigenvalue weighted by Crippen LogP contribution is -2.14. The lowest BCUT2D eigenvalue weighted by Gasteiger charge is -2.14. The Hall–Kier alpha value is -1.72. The average molecular weight is 299 g/mol. The zero-order valence-corrected chi connectivity index (χ0v) is 11.5. The molecule has 2 aromatic rings. The summed E-state index contributed by atoms with van der Waals surface area (Å²) in [6.45, 7) is 2.31. The highest BCUT2D eigenvalue weighted by Gasteiger charge is 2.17. The molecule has 0 amide bonds. The molecule has 2 rings (SSSR count). The van der Waals surface area contributed by atoms with E-state index in [1.54, 1.807) is 6.07 Å². The van der Waals surface area contributed by atoms with Gasteiger partial charge in [-0.2, -0.15) is 0 Å². The van der Waals surface area contributed by atoms with Crippen LogP contribution in [0.3, 0.4) is 0 Å². The van der Waals surface area contributed by atoms with Crippen molar-refractivity contribution in [3.05, 3.63) is 58.4 Å². The molecule has 0 aliphatic carbocycles. The van der Waals surface area contributed by atoms with Gasteiger partial charge in [0.1, 0.15) is 17.4 Å².